The molecule has 0 aliphatic carbocycles. The van der Waals surface area contributed by atoms with E-state index < -0.39 is 44.1 Å². The molecule has 0 atom stereocenters. The number of anilines is 1. The highest BCUT2D eigenvalue weighted by atomic mass is 32.2. The van der Waals surface area contributed by atoms with Gasteiger partial charge in [-0.15, -0.1) is 0 Å². The van der Waals surface area contributed by atoms with Gasteiger partial charge < -0.3 is 4.74 Å². The molecule has 0 aliphatic heterocycles. The number of carbonyl (C=O) groups is 1. The van der Waals surface area contributed by atoms with E-state index in [0.29, 0.717) is 5.56 Å². The standard InChI is InChI=1S/C19H22N2O6S/c1-13(2)27-19(22)12-20(16-10-9-14(3)11-15(16)4)28(25,26)18-8-6-5-7-17(18)21(23)24/h5-11,13H,12H2,1-4H3. The molecule has 0 radical (unpaired) electrons. The van der Waals surface area contributed by atoms with Crippen molar-refractivity contribution < 1.29 is 22.9 Å². The first-order valence-corrected chi connectivity index (χ1v) is 10.0. The fourth-order valence-corrected chi connectivity index (χ4v) is 4.38. The van der Waals surface area contributed by atoms with Crippen LogP contribution in [0.15, 0.2) is 47.4 Å². The summed E-state index contributed by atoms with van der Waals surface area (Å²) in [5.41, 5.74) is 1.22. The van der Waals surface area contributed by atoms with Crippen molar-refractivity contribution in [2.75, 3.05) is 10.8 Å². The lowest BCUT2D eigenvalue weighted by molar-refractivity contribution is -0.387. The molecule has 0 bridgehead atoms. The lowest BCUT2D eigenvalue weighted by Crippen LogP contribution is -2.38. The van der Waals surface area contributed by atoms with Crippen molar-refractivity contribution >= 4 is 27.4 Å². The Balaban J connectivity index is 2.64. The van der Waals surface area contributed by atoms with Crippen LogP contribution in [0.2, 0.25) is 0 Å². The summed E-state index contributed by atoms with van der Waals surface area (Å²) in [7, 11) is -4.41. The van der Waals surface area contributed by atoms with Crippen LogP contribution in [0.5, 0.6) is 0 Å². The second kappa shape index (κ2) is 8.39. The van der Waals surface area contributed by atoms with Crippen molar-refractivity contribution in [3.8, 4) is 0 Å². The molecule has 0 aliphatic rings. The smallest absolute Gasteiger partial charge is 0.327 e. The molecular formula is C19H22N2O6S. The highest BCUT2D eigenvalue weighted by Crippen LogP contribution is 2.31. The van der Waals surface area contributed by atoms with Gasteiger partial charge in [0.2, 0.25) is 0 Å². The van der Waals surface area contributed by atoms with Crippen molar-refractivity contribution in [3.05, 3.63) is 63.7 Å². The molecular weight excluding hydrogens is 384 g/mol. The molecule has 0 heterocycles. The quantitative estimate of drug-likeness (QED) is 0.396. The Hall–Kier alpha value is -2.94. The molecule has 0 fully saturated rings. The van der Waals surface area contributed by atoms with E-state index in [0.717, 1.165) is 22.0 Å². The van der Waals surface area contributed by atoms with Crippen LogP contribution in [-0.2, 0) is 19.6 Å². The number of hydrogen-bond donors (Lipinski definition) is 0. The predicted molar refractivity (Wildman–Crippen MR) is 105 cm³/mol. The van der Waals surface area contributed by atoms with Crippen molar-refractivity contribution in [3.63, 3.8) is 0 Å². The third-order valence-corrected chi connectivity index (χ3v) is 5.70. The number of rotatable bonds is 7. The second-order valence-corrected chi connectivity index (χ2v) is 8.40. The molecule has 0 unspecified atom stereocenters. The topological polar surface area (TPSA) is 107 Å². The number of hydrogen-bond acceptors (Lipinski definition) is 6. The van der Waals surface area contributed by atoms with Gasteiger partial charge in [-0.25, -0.2) is 8.42 Å². The molecule has 0 aromatic heterocycles. The summed E-state index contributed by atoms with van der Waals surface area (Å²) in [6.45, 7) is 6.25. The van der Waals surface area contributed by atoms with E-state index >= 15 is 0 Å². The zero-order valence-electron chi connectivity index (χ0n) is 16.1. The zero-order valence-corrected chi connectivity index (χ0v) is 16.9. The fourth-order valence-electron chi connectivity index (χ4n) is 2.75. The number of nitrogens with zero attached hydrogens (tertiary/aromatic N) is 2. The first-order chi connectivity index (χ1) is 13.0. The van der Waals surface area contributed by atoms with Crippen LogP contribution in [0.1, 0.15) is 25.0 Å². The van der Waals surface area contributed by atoms with E-state index in [-0.39, 0.29) is 5.69 Å². The molecule has 2 rings (SSSR count). The summed E-state index contributed by atoms with van der Waals surface area (Å²) in [5, 5.41) is 11.3. The summed E-state index contributed by atoms with van der Waals surface area (Å²) in [6, 6.07) is 10.1. The normalized spacial score (nSPS) is 11.3. The summed E-state index contributed by atoms with van der Waals surface area (Å²) in [4.78, 5) is 22.3. The maximum Gasteiger partial charge on any atom is 0.327 e. The van der Waals surface area contributed by atoms with Gasteiger partial charge in [-0.2, -0.15) is 0 Å². The number of sulfonamides is 1. The van der Waals surface area contributed by atoms with Crippen molar-refractivity contribution in [2.45, 2.75) is 38.7 Å². The van der Waals surface area contributed by atoms with E-state index in [4.69, 9.17) is 4.74 Å². The van der Waals surface area contributed by atoms with Crippen LogP contribution in [0.4, 0.5) is 11.4 Å². The van der Waals surface area contributed by atoms with E-state index in [1.165, 1.54) is 12.1 Å². The van der Waals surface area contributed by atoms with Crippen LogP contribution >= 0.6 is 0 Å². The first kappa shape index (κ1) is 21.4. The maximum atomic E-state index is 13.3. The van der Waals surface area contributed by atoms with Gasteiger partial charge in [-0.3, -0.25) is 19.2 Å². The Morgan fingerprint density at radius 2 is 1.82 bits per heavy atom. The van der Waals surface area contributed by atoms with E-state index in [1.54, 1.807) is 39.0 Å². The molecule has 0 saturated heterocycles. The van der Waals surface area contributed by atoms with E-state index in [1.807, 2.05) is 6.92 Å². The van der Waals surface area contributed by atoms with Gasteiger partial charge in [0.05, 0.1) is 16.7 Å². The first-order valence-electron chi connectivity index (χ1n) is 8.57. The van der Waals surface area contributed by atoms with Gasteiger partial charge in [0.15, 0.2) is 4.90 Å². The third kappa shape index (κ3) is 4.66. The number of para-hydroxylation sites is 1. The van der Waals surface area contributed by atoms with Crippen LogP contribution in [0, 0.1) is 24.0 Å². The van der Waals surface area contributed by atoms with Gasteiger partial charge in [0.1, 0.15) is 6.54 Å². The minimum atomic E-state index is -4.41. The fraction of sp³-hybridized carbons (Fsp3) is 0.316. The predicted octanol–water partition coefficient (Wildman–Crippen LogP) is 3.36. The Labute approximate surface area is 163 Å². The average molecular weight is 406 g/mol. The van der Waals surface area contributed by atoms with Gasteiger partial charge in [-0.05, 0) is 45.4 Å². The Morgan fingerprint density at radius 1 is 1.18 bits per heavy atom. The second-order valence-electron chi connectivity index (χ2n) is 6.57. The Bertz CT molecular complexity index is 1000. The zero-order chi connectivity index (χ0) is 21.1. The molecule has 9 heteroatoms. The summed E-state index contributed by atoms with van der Waals surface area (Å²) >= 11 is 0. The van der Waals surface area contributed by atoms with Crippen LogP contribution in [-0.4, -0.2) is 32.0 Å². The SMILES string of the molecule is Cc1ccc(N(CC(=O)OC(C)C)S(=O)(=O)c2ccccc2[N+](=O)[O-])c(C)c1. The molecule has 2 aromatic carbocycles. The van der Waals surface area contributed by atoms with Crippen molar-refractivity contribution in [1.29, 1.82) is 0 Å². The lowest BCUT2D eigenvalue weighted by Gasteiger charge is -2.25. The van der Waals surface area contributed by atoms with Crippen molar-refractivity contribution in [2.24, 2.45) is 0 Å². The molecule has 0 amide bonds. The monoisotopic (exact) mass is 406 g/mol. The molecule has 0 spiro atoms. The van der Waals surface area contributed by atoms with Gasteiger partial charge in [0, 0.05) is 6.07 Å². The van der Waals surface area contributed by atoms with Gasteiger partial charge >= 0.3 is 5.97 Å². The Kier molecular flexibility index (Phi) is 6.40. The highest BCUT2D eigenvalue weighted by molar-refractivity contribution is 7.93. The van der Waals surface area contributed by atoms with Crippen LogP contribution in [0.25, 0.3) is 0 Å². The summed E-state index contributed by atoms with van der Waals surface area (Å²) in [5.74, 6) is -0.753. The summed E-state index contributed by atoms with van der Waals surface area (Å²) < 4.78 is 32.6. The molecule has 2 aromatic rings. The minimum Gasteiger partial charge on any atom is -0.462 e. The number of ether oxygens (including phenoxy) is 1. The largest absolute Gasteiger partial charge is 0.462 e. The molecule has 8 nitrogen and oxygen atoms in total. The Morgan fingerprint density at radius 3 is 2.39 bits per heavy atom. The number of nitro benzene ring substituents is 1. The number of nitro groups is 1. The maximum absolute atomic E-state index is 13.3. The lowest BCUT2D eigenvalue weighted by atomic mass is 10.1. The summed E-state index contributed by atoms with van der Waals surface area (Å²) in [6.07, 6.45) is -0.428. The van der Waals surface area contributed by atoms with Crippen molar-refractivity contribution in [1.82, 2.24) is 0 Å². The number of esters is 1. The van der Waals surface area contributed by atoms with Crippen LogP contribution in [0.3, 0.4) is 0 Å². The number of benzene rings is 2. The van der Waals surface area contributed by atoms with E-state index in [2.05, 4.69) is 0 Å². The highest BCUT2D eigenvalue weighted by Gasteiger charge is 2.34. The van der Waals surface area contributed by atoms with Crippen LogP contribution < -0.4 is 4.31 Å². The molecule has 0 saturated carbocycles. The number of aryl methyl sites for hydroxylation is 2. The van der Waals surface area contributed by atoms with Gasteiger partial charge in [-0.1, -0.05) is 29.8 Å². The molecule has 150 valence electrons. The average Bonchev–Trinajstić information content (AvgIpc) is 2.59. The third-order valence-electron chi connectivity index (χ3n) is 3.89. The number of carbonyl (C=O) groups excluding carboxylic acids is 1. The molecule has 28 heavy (non-hydrogen) atoms. The molecule has 0 N–H and O–H groups in total. The minimum absolute atomic E-state index is 0.254. The van der Waals surface area contributed by atoms with E-state index in [9.17, 15) is 23.3 Å². The van der Waals surface area contributed by atoms with Gasteiger partial charge in [0.25, 0.3) is 15.7 Å².